The van der Waals surface area contributed by atoms with Gasteiger partial charge in [0.25, 0.3) is 0 Å². The van der Waals surface area contributed by atoms with Crippen LogP contribution in [0.3, 0.4) is 0 Å². The van der Waals surface area contributed by atoms with Gasteiger partial charge in [-0.1, -0.05) is 12.1 Å². The molecule has 2 aromatic rings. The van der Waals surface area contributed by atoms with Crippen molar-refractivity contribution in [3.8, 4) is 0 Å². The minimum Gasteiger partial charge on any atom is -0.337 e. The van der Waals surface area contributed by atoms with E-state index in [2.05, 4.69) is 9.71 Å². The highest BCUT2D eigenvalue weighted by atomic mass is 32.2. The number of unbranched alkanes of at least 4 members (excludes halogenated alkanes) is 1. The van der Waals surface area contributed by atoms with Crippen LogP contribution in [-0.4, -0.2) is 24.5 Å². The summed E-state index contributed by atoms with van der Waals surface area (Å²) in [6, 6.07) is 4.13. The molecule has 0 aliphatic carbocycles. The minimum absolute atomic E-state index is 0.289. The molecule has 1 aromatic heterocycles. The molecule has 0 aliphatic rings. The Morgan fingerprint density at radius 1 is 1.12 bits per heavy atom. The summed E-state index contributed by atoms with van der Waals surface area (Å²) in [7, 11) is -3.57. The average molecular weight is 361 g/mol. The van der Waals surface area contributed by atoms with Crippen LogP contribution < -0.4 is 4.72 Å². The monoisotopic (exact) mass is 361 g/mol. The van der Waals surface area contributed by atoms with Crippen LogP contribution >= 0.6 is 0 Å². The van der Waals surface area contributed by atoms with Crippen LogP contribution in [0.4, 0.5) is 13.2 Å². The third-order valence-electron chi connectivity index (χ3n) is 3.36. The highest BCUT2D eigenvalue weighted by Gasteiger charge is 2.30. The Kier molecular flexibility index (Phi) is 6.00. The molecule has 0 fully saturated rings. The van der Waals surface area contributed by atoms with Gasteiger partial charge in [0.05, 0.1) is 17.6 Å². The number of hydrogen-bond acceptors (Lipinski definition) is 3. The summed E-state index contributed by atoms with van der Waals surface area (Å²) < 4.78 is 65.6. The number of nitrogens with zero attached hydrogens (tertiary/aromatic N) is 2. The Balaban J connectivity index is 1.76. The van der Waals surface area contributed by atoms with Gasteiger partial charge in [0.2, 0.25) is 10.0 Å². The quantitative estimate of drug-likeness (QED) is 0.736. The maximum absolute atomic E-state index is 12.5. The fraction of sp³-hybridized carbons (Fsp3) is 0.400. The van der Waals surface area contributed by atoms with Gasteiger partial charge in [0.15, 0.2) is 0 Å². The molecule has 9 heteroatoms. The van der Waals surface area contributed by atoms with E-state index < -0.39 is 21.8 Å². The highest BCUT2D eigenvalue weighted by Crippen LogP contribution is 2.29. The van der Waals surface area contributed by atoms with Gasteiger partial charge >= 0.3 is 6.18 Å². The number of rotatable bonds is 8. The summed E-state index contributed by atoms with van der Waals surface area (Å²) in [6.07, 6.45) is 2.21. The molecule has 24 heavy (non-hydrogen) atoms. The largest absolute Gasteiger partial charge is 0.416 e. The molecule has 1 aromatic carbocycles. The van der Waals surface area contributed by atoms with Crippen LogP contribution in [0.5, 0.6) is 0 Å². The van der Waals surface area contributed by atoms with Crippen LogP contribution in [0, 0.1) is 0 Å². The molecule has 0 aliphatic heterocycles. The standard InChI is InChI=1S/C15H18F3N3O2S/c16-15(17,18)14-5-3-13(4-6-14)11-24(22,23)20-7-1-2-9-21-10-8-19-12-21/h3-6,8,10,12,20H,1-2,7,9,11H2. The lowest BCUT2D eigenvalue weighted by molar-refractivity contribution is -0.137. The van der Waals surface area contributed by atoms with E-state index in [1.165, 1.54) is 12.1 Å². The van der Waals surface area contributed by atoms with Gasteiger partial charge in [-0.3, -0.25) is 0 Å². The first kappa shape index (κ1) is 18.5. The second kappa shape index (κ2) is 7.80. The summed E-state index contributed by atoms with van der Waals surface area (Å²) in [5.74, 6) is -0.341. The Morgan fingerprint density at radius 3 is 2.42 bits per heavy atom. The van der Waals surface area contributed by atoms with Gasteiger partial charge in [-0.25, -0.2) is 18.1 Å². The Bertz CT molecular complexity index is 726. The van der Waals surface area contributed by atoms with Crippen molar-refractivity contribution in [2.24, 2.45) is 0 Å². The molecule has 0 saturated heterocycles. The van der Waals surface area contributed by atoms with E-state index in [0.29, 0.717) is 12.0 Å². The summed E-state index contributed by atoms with van der Waals surface area (Å²) >= 11 is 0. The first-order valence-corrected chi connectivity index (χ1v) is 9.01. The predicted octanol–water partition coefficient (Wildman–Crippen LogP) is 2.80. The third-order valence-corrected chi connectivity index (χ3v) is 4.72. The number of sulfonamides is 1. The van der Waals surface area contributed by atoms with Crippen molar-refractivity contribution in [3.63, 3.8) is 0 Å². The Morgan fingerprint density at radius 2 is 1.83 bits per heavy atom. The second-order valence-corrected chi connectivity index (χ2v) is 7.16. The number of imidazole rings is 1. The Labute approximate surface area is 138 Å². The molecule has 132 valence electrons. The van der Waals surface area contributed by atoms with Crippen molar-refractivity contribution in [1.82, 2.24) is 14.3 Å². The molecule has 0 unspecified atom stereocenters. The van der Waals surface area contributed by atoms with E-state index in [9.17, 15) is 21.6 Å². The summed E-state index contributed by atoms with van der Waals surface area (Å²) in [4.78, 5) is 3.91. The maximum atomic E-state index is 12.5. The number of nitrogens with one attached hydrogen (secondary N) is 1. The van der Waals surface area contributed by atoms with Gasteiger partial charge in [0, 0.05) is 25.5 Å². The summed E-state index contributed by atoms with van der Waals surface area (Å²) in [6.45, 7) is 1.04. The van der Waals surface area contributed by atoms with Crippen LogP contribution in [-0.2, 0) is 28.5 Å². The maximum Gasteiger partial charge on any atom is 0.416 e. The van der Waals surface area contributed by atoms with E-state index in [0.717, 1.165) is 25.1 Å². The molecule has 5 nitrogen and oxygen atoms in total. The lowest BCUT2D eigenvalue weighted by Gasteiger charge is -2.09. The van der Waals surface area contributed by atoms with E-state index in [1.807, 2.05) is 10.8 Å². The van der Waals surface area contributed by atoms with Crippen molar-refractivity contribution in [3.05, 3.63) is 54.1 Å². The normalized spacial score (nSPS) is 12.5. The van der Waals surface area contributed by atoms with Crippen LogP contribution in [0.1, 0.15) is 24.0 Å². The third kappa shape index (κ3) is 5.97. The summed E-state index contributed by atoms with van der Waals surface area (Å²) in [5.41, 5.74) is -0.481. The fourth-order valence-corrected chi connectivity index (χ4v) is 3.32. The molecule has 0 atom stereocenters. The number of halogens is 3. The fourth-order valence-electron chi connectivity index (χ4n) is 2.13. The SMILES string of the molecule is O=S(=O)(Cc1ccc(C(F)(F)F)cc1)NCCCCn1ccnc1. The molecule has 1 N–H and O–H groups in total. The Hall–Kier alpha value is -1.87. The molecule has 1 heterocycles. The van der Waals surface area contributed by atoms with Crippen molar-refractivity contribution >= 4 is 10.0 Å². The van der Waals surface area contributed by atoms with Crippen LogP contribution in [0.15, 0.2) is 43.0 Å². The van der Waals surface area contributed by atoms with E-state index in [4.69, 9.17) is 0 Å². The molecule has 0 radical (unpaired) electrons. The van der Waals surface area contributed by atoms with Crippen molar-refractivity contribution < 1.29 is 21.6 Å². The molecule has 2 rings (SSSR count). The van der Waals surface area contributed by atoms with Gasteiger partial charge < -0.3 is 4.57 Å². The number of aryl methyl sites for hydroxylation is 1. The zero-order valence-electron chi connectivity index (χ0n) is 12.8. The first-order chi connectivity index (χ1) is 11.3. The molecular weight excluding hydrogens is 343 g/mol. The van der Waals surface area contributed by atoms with Gasteiger partial charge in [-0.15, -0.1) is 0 Å². The zero-order valence-corrected chi connectivity index (χ0v) is 13.6. The number of benzene rings is 1. The second-order valence-electron chi connectivity index (χ2n) is 5.36. The molecule has 0 bridgehead atoms. The van der Waals surface area contributed by atoms with Gasteiger partial charge in [-0.05, 0) is 30.5 Å². The van der Waals surface area contributed by atoms with E-state index >= 15 is 0 Å². The number of alkyl halides is 3. The molecule has 0 saturated carbocycles. The highest BCUT2D eigenvalue weighted by molar-refractivity contribution is 7.88. The van der Waals surface area contributed by atoms with Crippen LogP contribution in [0.25, 0.3) is 0 Å². The minimum atomic E-state index is -4.43. The molecule has 0 amide bonds. The van der Waals surface area contributed by atoms with Crippen molar-refractivity contribution in [1.29, 1.82) is 0 Å². The van der Waals surface area contributed by atoms with Crippen LogP contribution in [0.2, 0.25) is 0 Å². The van der Waals surface area contributed by atoms with E-state index in [-0.39, 0.29) is 12.3 Å². The molecular formula is C15H18F3N3O2S. The predicted molar refractivity (Wildman–Crippen MR) is 83.5 cm³/mol. The van der Waals surface area contributed by atoms with Gasteiger partial charge in [-0.2, -0.15) is 13.2 Å². The smallest absolute Gasteiger partial charge is 0.337 e. The zero-order chi connectivity index (χ0) is 17.6. The van der Waals surface area contributed by atoms with Crippen molar-refractivity contribution in [2.75, 3.05) is 6.54 Å². The average Bonchev–Trinajstić information content (AvgIpc) is 2.99. The van der Waals surface area contributed by atoms with E-state index in [1.54, 1.807) is 12.5 Å². The topological polar surface area (TPSA) is 64.0 Å². The lowest BCUT2D eigenvalue weighted by atomic mass is 10.1. The van der Waals surface area contributed by atoms with Gasteiger partial charge in [0.1, 0.15) is 0 Å². The lowest BCUT2D eigenvalue weighted by Crippen LogP contribution is -2.26. The number of hydrogen-bond donors (Lipinski definition) is 1. The van der Waals surface area contributed by atoms with Crippen molar-refractivity contribution in [2.45, 2.75) is 31.3 Å². The number of aromatic nitrogens is 2. The summed E-state index contributed by atoms with van der Waals surface area (Å²) in [5, 5.41) is 0. The molecule has 0 spiro atoms. The first-order valence-electron chi connectivity index (χ1n) is 7.35.